The Morgan fingerprint density at radius 2 is 2.21 bits per heavy atom. The van der Waals surface area contributed by atoms with E-state index in [4.69, 9.17) is 15.3 Å². The number of nitrogens with one attached hydrogen (secondary N) is 1. The SMILES string of the molecule is CC(C)Cc1cccc(C(NN)C2COCCO2)c1. The molecule has 0 aliphatic carbocycles. The highest BCUT2D eigenvalue weighted by atomic mass is 16.6. The second kappa shape index (κ2) is 7.01. The molecule has 0 bridgehead atoms. The molecular formula is C15H24N2O2. The first-order valence-electron chi connectivity index (χ1n) is 6.95. The Bertz CT molecular complexity index is 389. The number of ether oxygens (including phenoxy) is 2. The van der Waals surface area contributed by atoms with Crippen LogP contribution in [0.5, 0.6) is 0 Å². The molecule has 0 saturated carbocycles. The van der Waals surface area contributed by atoms with Crippen LogP contribution >= 0.6 is 0 Å². The van der Waals surface area contributed by atoms with Gasteiger partial charge in [-0.2, -0.15) is 0 Å². The van der Waals surface area contributed by atoms with Crippen molar-refractivity contribution in [1.82, 2.24) is 5.43 Å². The number of hydrazine groups is 1. The van der Waals surface area contributed by atoms with Crippen LogP contribution in [0.15, 0.2) is 24.3 Å². The third-order valence-corrected chi connectivity index (χ3v) is 3.35. The Kier molecular flexibility index (Phi) is 5.34. The molecule has 2 unspecified atom stereocenters. The Morgan fingerprint density at radius 3 is 2.84 bits per heavy atom. The van der Waals surface area contributed by atoms with Crippen LogP contribution in [0, 0.1) is 5.92 Å². The third kappa shape index (κ3) is 4.01. The zero-order valence-electron chi connectivity index (χ0n) is 11.8. The zero-order valence-corrected chi connectivity index (χ0v) is 11.8. The fourth-order valence-corrected chi connectivity index (χ4v) is 2.50. The zero-order chi connectivity index (χ0) is 13.7. The number of rotatable bonds is 5. The molecule has 0 amide bonds. The van der Waals surface area contributed by atoms with Crippen molar-refractivity contribution in [3.8, 4) is 0 Å². The van der Waals surface area contributed by atoms with Crippen LogP contribution in [-0.2, 0) is 15.9 Å². The standard InChI is InChI=1S/C15H24N2O2/c1-11(2)8-12-4-3-5-13(9-12)15(17-16)14-10-18-6-7-19-14/h3-5,9,11,14-15,17H,6-8,10,16H2,1-2H3. The average Bonchev–Trinajstić information content (AvgIpc) is 2.40. The molecule has 2 rings (SSSR count). The predicted molar refractivity (Wildman–Crippen MR) is 75.6 cm³/mol. The smallest absolute Gasteiger partial charge is 0.102 e. The van der Waals surface area contributed by atoms with Gasteiger partial charge in [-0.25, -0.2) is 0 Å². The van der Waals surface area contributed by atoms with Gasteiger partial charge in [-0.05, 0) is 23.5 Å². The molecule has 1 aliphatic heterocycles. The molecule has 1 heterocycles. The van der Waals surface area contributed by atoms with Gasteiger partial charge in [0.05, 0.1) is 25.9 Å². The van der Waals surface area contributed by atoms with E-state index in [2.05, 4.69) is 43.5 Å². The lowest BCUT2D eigenvalue weighted by Gasteiger charge is -2.30. The summed E-state index contributed by atoms with van der Waals surface area (Å²) in [6.45, 7) is 6.34. The van der Waals surface area contributed by atoms with Crippen molar-refractivity contribution in [2.24, 2.45) is 11.8 Å². The van der Waals surface area contributed by atoms with Crippen LogP contribution in [-0.4, -0.2) is 25.9 Å². The summed E-state index contributed by atoms with van der Waals surface area (Å²) in [5.41, 5.74) is 5.36. The molecule has 1 aromatic carbocycles. The van der Waals surface area contributed by atoms with Gasteiger partial charge >= 0.3 is 0 Å². The monoisotopic (exact) mass is 264 g/mol. The molecular weight excluding hydrogens is 240 g/mol. The Morgan fingerprint density at radius 1 is 1.37 bits per heavy atom. The molecule has 19 heavy (non-hydrogen) atoms. The lowest BCUT2D eigenvalue weighted by molar-refractivity contribution is -0.102. The summed E-state index contributed by atoms with van der Waals surface area (Å²) in [4.78, 5) is 0. The Balaban J connectivity index is 2.12. The molecule has 4 heteroatoms. The normalized spacial score (nSPS) is 21.6. The van der Waals surface area contributed by atoms with Gasteiger partial charge in [0, 0.05) is 0 Å². The van der Waals surface area contributed by atoms with Gasteiger partial charge in [0.25, 0.3) is 0 Å². The lowest BCUT2D eigenvalue weighted by atomic mass is 9.96. The summed E-state index contributed by atoms with van der Waals surface area (Å²) in [6.07, 6.45) is 1.06. The first kappa shape index (κ1) is 14.5. The fourth-order valence-electron chi connectivity index (χ4n) is 2.50. The van der Waals surface area contributed by atoms with Crippen molar-refractivity contribution >= 4 is 0 Å². The van der Waals surface area contributed by atoms with Crippen LogP contribution in [0.1, 0.15) is 31.0 Å². The highest BCUT2D eigenvalue weighted by Crippen LogP contribution is 2.22. The van der Waals surface area contributed by atoms with E-state index in [0.717, 1.165) is 12.0 Å². The summed E-state index contributed by atoms with van der Waals surface area (Å²) < 4.78 is 11.2. The van der Waals surface area contributed by atoms with Crippen molar-refractivity contribution in [1.29, 1.82) is 0 Å². The van der Waals surface area contributed by atoms with Gasteiger partial charge in [-0.3, -0.25) is 11.3 Å². The van der Waals surface area contributed by atoms with Crippen LogP contribution in [0.2, 0.25) is 0 Å². The van der Waals surface area contributed by atoms with Crippen LogP contribution in [0.4, 0.5) is 0 Å². The van der Waals surface area contributed by atoms with E-state index >= 15 is 0 Å². The summed E-state index contributed by atoms with van der Waals surface area (Å²) in [5.74, 6) is 6.35. The van der Waals surface area contributed by atoms with E-state index < -0.39 is 0 Å². The molecule has 0 radical (unpaired) electrons. The summed E-state index contributed by atoms with van der Waals surface area (Å²) in [6, 6.07) is 8.53. The third-order valence-electron chi connectivity index (χ3n) is 3.35. The summed E-state index contributed by atoms with van der Waals surface area (Å²) in [7, 11) is 0. The van der Waals surface area contributed by atoms with E-state index in [9.17, 15) is 0 Å². The fraction of sp³-hybridized carbons (Fsp3) is 0.600. The van der Waals surface area contributed by atoms with Crippen molar-refractivity contribution in [2.75, 3.05) is 19.8 Å². The van der Waals surface area contributed by atoms with Crippen LogP contribution < -0.4 is 11.3 Å². The molecule has 1 aliphatic rings. The van der Waals surface area contributed by atoms with Crippen molar-refractivity contribution in [3.05, 3.63) is 35.4 Å². The summed E-state index contributed by atoms with van der Waals surface area (Å²) in [5, 5.41) is 0. The second-order valence-corrected chi connectivity index (χ2v) is 5.47. The molecule has 4 nitrogen and oxygen atoms in total. The predicted octanol–water partition coefficient (Wildman–Crippen LogP) is 1.80. The van der Waals surface area contributed by atoms with Gasteiger partial charge in [0.15, 0.2) is 0 Å². The van der Waals surface area contributed by atoms with E-state index in [1.807, 2.05) is 0 Å². The van der Waals surface area contributed by atoms with Gasteiger partial charge in [-0.15, -0.1) is 0 Å². The summed E-state index contributed by atoms with van der Waals surface area (Å²) >= 11 is 0. The van der Waals surface area contributed by atoms with E-state index in [-0.39, 0.29) is 12.1 Å². The van der Waals surface area contributed by atoms with Crippen molar-refractivity contribution in [3.63, 3.8) is 0 Å². The van der Waals surface area contributed by atoms with Crippen LogP contribution in [0.3, 0.4) is 0 Å². The van der Waals surface area contributed by atoms with Crippen molar-refractivity contribution < 1.29 is 9.47 Å². The molecule has 1 saturated heterocycles. The highest BCUT2D eigenvalue weighted by molar-refractivity contribution is 5.27. The first-order valence-corrected chi connectivity index (χ1v) is 6.95. The maximum absolute atomic E-state index is 5.74. The molecule has 0 aromatic heterocycles. The van der Waals surface area contributed by atoms with Crippen LogP contribution in [0.25, 0.3) is 0 Å². The maximum atomic E-state index is 5.74. The first-order chi connectivity index (χ1) is 9.20. The van der Waals surface area contributed by atoms with E-state index in [0.29, 0.717) is 25.7 Å². The molecule has 106 valence electrons. The number of benzene rings is 1. The molecule has 2 atom stereocenters. The minimum absolute atomic E-state index is 0.0203. The molecule has 1 aromatic rings. The largest absolute Gasteiger partial charge is 0.376 e. The lowest BCUT2D eigenvalue weighted by Crippen LogP contribution is -2.43. The maximum Gasteiger partial charge on any atom is 0.102 e. The molecule has 3 N–H and O–H groups in total. The second-order valence-electron chi connectivity index (χ2n) is 5.47. The number of hydrogen-bond donors (Lipinski definition) is 2. The van der Waals surface area contributed by atoms with E-state index in [1.54, 1.807) is 0 Å². The van der Waals surface area contributed by atoms with Gasteiger partial charge < -0.3 is 9.47 Å². The Hall–Kier alpha value is -0.940. The quantitative estimate of drug-likeness (QED) is 0.629. The topological polar surface area (TPSA) is 56.5 Å². The van der Waals surface area contributed by atoms with Crippen molar-refractivity contribution in [2.45, 2.75) is 32.4 Å². The van der Waals surface area contributed by atoms with Gasteiger partial charge in [-0.1, -0.05) is 38.1 Å². The highest BCUT2D eigenvalue weighted by Gasteiger charge is 2.25. The number of nitrogens with two attached hydrogens (primary N) is 1. The molecule has 1 fully saturated rings. The number of hydrogen-bond acceptors (Lipinski definition) is 4. The van der Waals surface area contributed by atoms with Gasteiger partial charge in [0.1, 0.15) is 6.10 Å². The minimum Gasteiger partial charge on any atom is -0.376 e. The minimum atomic E-state index is -0.0209. The average molecular weight is 264 g/mol. The van der Waals surface area contributed by atoms with Gasteiger partial charge in [0.2, 0.25) is 0 Å². The van der Waals surface area contributed by atoms with E-state index in [1.165, 1.54) is 5.56 Å². The Labute approximate surface area is 115 Å². The molecule has 0 spiro atoms.